The van der Waals surface area contributed by atoms with E-state index in [9.17, 15) is 14.0 Å². The van der Waals surface area contributed by atoms with E-state index in [1.54, 1.807) is 43.2 Å². The molecule has 0 unspecified atom stereocenters. The lowest BCUT2D eigenvalue weighted by atomic mass is 10.1. The summed E-state index contributed by atoms with van der Waals surface area (Å²) >= 11 is 0. The van der Waals surface area contributed by atoms with E-state index in [1.165, 1.54) is 28.8 Å². The van der Waals surface area contributed by atoms with Crippen LogP contribution >= 0.6 is 0 Å². The number of nitrogens with zero attached hydrogens (tertiary/aromatic N) is 3. The van der Waals surface area contributed by atoms with Gasteiger partial charge in [0.25, 0.3) is 11.5 Å². The summed E-state index contributed by atoms with van der Waals surface area (Å²) in [6, 6.07) is 8.77. The maximum Gasteiger partial charge on any atom is 0.268 e. The molecule has 2 heterocycles. The predicted octanol–water partition coefficient (Wildman–Crippen LogP) is 2.27. The van der Waals surface area contributed by atoms with Crippen molar-refractivity contribution >= 4 is 11.7 Å². The molecule has 3 aromatic rings. The first-order valence-electron chi connectivity index (χ1n) is 7.25. The average molecular weight is 326 g/mol. The van der Waals surface area contributed by atoms with Crippen molar-refractivity contribution in [2.75, 3.05) is 5.32 Å². The van der Waals surface area contributed by atoms with Crippen LogP contribution < -0.4 is 10.9 Å². The molecule has 24 heavy (non-hydrogen) atoms. The summed E-state index contributed by atoms with van der Waals surface area (Å²) in [7, 11) is 1.73. The Morgan fingerprint density at radius 3 is 2.46 bits per heavy atom. The van der Waals surface area contributed by atoms with Gasteiger partial charge >= 0.3 is 0 Å². The van der Waals surface area contributed by atoms with Gasteiger partial charge in [-0.1, -0.05) is 0 Å². The third kappa shape index (κ3) is 2.96. The number of rotatable bonds is 3. The van der Waals surface area contributed by atoms with E-state index in [0.29, 0.717) is 17.1 Å². The minimum atomic E-state index is -0.535. The highest BCUT2D eigenvalue weighted by atomic mass is 19.1. The van der Waals surface area contributed by atoms with Crippen LogP contribution in [0.25, 0.3) is 5.69 Å². The first kappa shape index (κ1) is 15.7. The van der Waals surface area contributed by atoms with E-state index in [4.69, 9.17) is 0 Å². The minimum Gasteiger partial charge on any atom is -0.305 e. The van der Waals surface area contributed by atoms with Gasteiger partial charge in [0.1, 0.15) is 11.4 Å². The van der Waals surface area contributed by atoms with Gasteiger partial charge in [-0.05, 0) is 42.8 Å². The zero-order chi connectivity index (χ0) is 17.3. The lowest BCUT2D eigenvalue weighted by molar-refractivity contribution is 0.102. The second-order valence-corrected chi connectivity index (χ2v) is 5.35. The number of pyridine rings is 1. The highest BCUT2D eigenvalue weighted by molar-refractivity contribution is 6.04. The van der Waals surface area contributed by atoms with Gasteiger partial charge in [0.2, 0.25) is 0 Å². The van der Waals surface area contributed by atoms with Crippen molar-refractivity contribution in [1.29, 1.82) is 0 Å². The number of amides is 1. The van der Waals surface area contributed by atoms with Crippen molar-refractivity contribution in [3.63, 3.8) is 0 Å². The largest absolute Gasteiger partial charge is 0.305 e. The third-order valence-corrected chi connectivity index (χ3v) is 3.59. The summed E-state index contributed by atoms with van der Waals surface area (Å²) < 4.78 is 15.9. The number of benzene rings is 1. The van der Waals surface area contributed by atoms with E-state index < -0.39 is 17.3 Å². The molecule has 0 radical (unpaired) electrons. The summed E-state index contributed by atoms with van der Waals surface area (Å²) in [5.41, 5.74) is 0.572. The molecule has 6 nitrogen and oxygen atoms in total. The molecule has 1 aromatic carbocycles. The van der Waals surface area contributed by atoms with E-state index in [0.717, 1.165) is 0 Å². The van der Waals surface area contributed by atoms with E-state index in [-0.39, 0.29) is 5.56 Å². The molecule has 0 aliphatic heterocycles. The molecule has 1 amide bonds. The Kier molecular flexibility index (Phi) is 3.99. The zero-order valence-electron chi connectivity index (χ0n) is 13.2. The number of aryl methyl sites for hydroxylation is 2. The number of aromatic nitrogens is 3. The molecule has 0 spiro atoms. The first-order valence-corrected chi connectivity index (χ1v) is 7.25. The molecule has 0 bridgehead atoms. The average Bonchev–Trinajstić information content (AvgIpc) is 2.94. The standard InChI is InChI=1S/C17H15FN4O2/c1-11-7-10-22(13-5-3-12(18)4-6-13)17(24)15(11)16(23)19-14-8-9-21(2)20-14/h3-10H,1-2H3,(H,19,20,23). The number of hydrogen-bond acceptors (Lipinski definition) is 3. The Morgan fingerprint density at radius 2 is 1.83 bits per heavy atom. The smallest absolute Gasteiger partial charge is 0.268 e. The highest BCUT2D eigenvalue weighted by Crippen LogP contribution is 2.11. The van der Waals surface area contributed by atoms with Crippen molar-refractivity contribution < 1.29 is 9.18 Å². The maximum atomic E-state index is 13.1. The van der Waals surface area contributed by atoms with Crippen LogP contribution in [0.5, 0.6) is 0 Å². The van der Waals surface area contributed by atoms with Crippen LogP contribution in [0.1, 0.15) is 15.9 Å². The predicted molar refractivity (Wildman–Crippen MR) is 87.9 cm³/mol. The molecule has 0 aliphatic rings. The molecular formula is C17H15FN4O2. The molecule has 122 valence electrons. The van der Waals surface area contributed by atoms with Gasteiger partial charge in [0.05, 0.1) is 0 Å². The molecule has 7 heteroatoms. The van der Waals surface area contributed by atoms with Crippen molar-refractivity contribution in [3.8, 4) is 5.69 Å². The summed E-state index contributed by atoms with van der Waals surface area (Å²) in [6.07, 6.45) is 3.24. The molecule has 0 saturated heterocycles. The van der Waals surface area contributed by atoms with Crippen molar-refractivity contribution in [2.45, 2.75) is 6.92 Å². The van der Waals surface area contributed by atoms with Crippen LogP contribution in [0.3, 0.4) is 0 Å². The summed E-state index contributed by atoms with van der Waals surface area (Å²) in [5, 5.41) is 6.66. The summed E-state index contributed by atoms with van der Waals surface area (Å²) in [5.74, 6) is -0.571. The third-order valence-electron chi connectivity index (χ3n) is 3.59. The zero-order valence-corrected chi connectivity index (χ0v) is 13.2. The van der Waals surface area contributed by atoms with E-state index >= 15 is 0 Å². The van der Waals surface area contributed by atoms with Crippen LogP contribution in [0.4, 0.5) is 10.2 Å². The number of anilines is 1. The van der Waals surface area contributed by atoms with Gasteiger partial charge in [0, 0.05) is 31.2 Å². The molecule has 1 N–H and O–H groups in total. The van der Waals surface area contributed by atoms with Gasteiger partial charge in [-0.25, -0.2) is 4.39 Å². The molecule has 0 fully saturated rings. The number of nitrogens with one attached hydrogen (secondary N) is 1. The molecule has 3 rings (SSSR count). The molecule has 0 aliphatic carbocycles. The van der Waals surface area contributed by atoms with Crippen molar-refractivity contribution in [1.82, 2.24) is 14.3 Å². The minimum absolute atomic E-state index is 0.0208. The quantitative estimate of drug-likeness (QED) is 0.803. The SMILES string of the molecule is Cc1ccn(-c2ccc(F)cc2)c(=O)c1C(=O)Nc1ccn(C)n1. The van der Waals surface area contributed by atoms with E-state index in [2.05, 4.69) is 10.4 Å². The molecule has 0 saturated carbocycles. The number of halogens is 1. The number of carbonyl (C=O) groups is 1. The first-order chi connectivity index (χ1) is 11.5. The lowest BCUT2D eigenvalue weighted by Gasteiger charge is -2.10. The fraction of sp³-hybridized carbons (Fsp3) is 0.118. The monoisotopic (exact) mass is 326 g/mol. The lowest BCUT2D eigenvalue weighted by Crippen LogP contribution is -2.29. The Bertz CT molecular complexity index is 957. The van der Waals surface area contributed by atoms with Crippen LogP contribution in [-0.2, 0) is 7.05 Å². The van der Waals surface area contributed by atoms with Crippen molar-refractivity contribution in [3.05, 3.63) is 76.1 Å². The van der Waals surface area contributed by atoms with Crippen LogP contribution in [0.2, 0.25) is 0 Å². The summed E-state index contributed by atoms with van der Waals surface area (Å²) in [6.45, 7) is 1.68. The van der Waals surface area contributed by atoms with Crippen LogP contribution in [0.15, 0.2) is 53.6 Å². The normalized spacial score (nSPS) is 10.6. The topological polar surface area (TPSA) is 68.9 Å². The Morgan fingerprint density at radius 1 is 1.12 bits per heavy atom. The van der Waals surface area contributed by atoms with Gasteiger partial charge in [-0.15, -0.1) is 0 Å². The second-order valence-electron chi connectivity index (χ2n) is 5.35. The van der Waals surface area contributed by atoms with Crippen LogP contribution in [-0.4, -0.2) is 20.3 Å². The number of carbonyl (C=O) groups excluding carboxylic acids is 1. The fourth-order valence-electron chi connectivity index (χ4n) is 2.37. The Balaban J connectivity index is 2.01. The van der Waals surface area contributed by atoms with Crippen LogP contribution in [0, 0.1) is 12.7 Å². The maximum absolute atomic E-state index is 13.1. The Hall–Kier alpha value is -3.22. The fourth-order valence-corrected chi connectivity index (χ4v) is 2.37. The Labute approximate surface area is 137 Å². The van der Waals surface area contributed by atoms with Gasteiger partial charge < -0.3 is 5.32 Å². The van der Waals surface area contributed by atoms with Crippen molar-refractivity contribution in [2.24, 2.45) is 7.05 Å². The highest BCUT2D eigenvalue weighted by Gasteiger charge is 2.17. The van der Waals surface area contributed by atoms with Gasteiger partial charge in [0.15, 0.2) is 5.82 Å². The summed E-state index contributed by atoms with van der Waals surface area (Å²) in [4.78, 5) is 25.2. The molecule has 0 atom stereocenters. The second kappa shape index (κ2) is 6.11. The van der Waals surface area contributed by atoms with Gasteiger partial charge in [-0.3, -0.25) is 18.8 Å². The van der Waals surface area contributed by atoms with Gasteiger partial charge in [-0.2, -0.15) is 5.10 Å². The molecule has 2 aromatic heterocycles. The number of hydrogen-bond donors (Lipinski definition) is 1. The molecular weight excluding hydrogens is 311 g/mol. The van der Waals surface area contributed by atoms with E-state index in [1.807, 2.05) is 0 Å².